The van der Waals surface area contributed by atoms with E-state index in [-0.39, 0.29) is 11.9 Å². The molecule has 0 bridgehead atoms. The van der Waals surface area contributed by atoms with Gasteiger partial charge in [-0.25, -0.2) is 4.79 Å². The van der Waals surface area contributed by atoms with Crippen molar-refractivity contribution in [2.75, 3.05) is 0 Å². The molecule has 1 saturated carbocycles. The maximum atomic E-state index is 12.6. The van der Waals surface area contributed by atoms with E-state index in [2.05, 4.69) is 19.2 Å². The van der Waals surface area contributed by atoms with Gasteiger partial charge in [0.05, 0.1) is 0 Å². The zero-order valence-corrected chi connectivity index (χ0v) is 13.2. The maximum absolute atomic E-state index is 12.6. The van der Waals surface area contributed by atoms with E-state index in [1.54, 1.807) is 0 Å². The molecule has 0 aromatic heterocycles. The van der Waals surface area contributed by atoms with Crippen molar-refractivity contribution >= 4 is 17.8 Å². The third-order valence-electron chi connectivity index (χ3n) is 4.85. The van der Waals surface area contributed by atoms with Crippen LogP contribution in [0, 0.1) is 17.8 Å². The first-order valence-corrected chi connectivity index (χ1v) is 8.15. The Morgan fingerprint density at radius 1 is 1.19 bits per heavy atom. The molecule has 3 atom stereocenters. The van der Waals surface area contributed by atoms with Crippen LogP contribution in [0.5, 0.6) is 0 Å². The third kappa shape index (κ3) is 3.11. The Labute approximate surface area is 126 Å². The minimum absolute atomic E-state index is 0.0568. The van der Waals surface area contributed by atoms with Gasteiger partial charge in [-0.15, -0.1) is 0 Å². The van der Waals surface area contributed by atoms with Crippen LogP contribution in [0.2, 0.25) is 0 Å². The van der Waals surface area contributed by atoms with E-state index in [4.69, 9.17) is 0 Å². The van der Waals surface area contributed by atoms with Crippen LogP contribution >= 0.6 is 0 Å². The molecule has 0 radical (unpaired) electrons. The highest BCUT2D eigenvalue weighted by Gasteiger charge is 2.45. The van der Waals surface area contributed by atoms with Crippen molar-refractivity contribution in [2.24, 2.45) is 17.8 Å². The van der Waals surface area contributed by atoms with Gasteiger partial charge in [0, 0.05) is 6.04 Å². The van der Waals surface area contributed by atoms with Crippen molar-refractivity contribution in [2.45, 2.75) is 65.3 Å². The molecule has 0 aromatic rings. The molecule has 1 aliphatic heterocycles. The number of nitrogens with zero attached hydrogens (tertiary/aromatic N) is 1. The van der Waals surface area contributed by atoms with Crippen LogP contribution in [0.3, 0.4) is 0 Å². The second-order valence-electron chi connectivity index (χ2n) is 6.60. The van der Waals surface area contributed by atoms with Gasteiger partial charge in [0.25, 0.3) is 0 Å². The highest BCUT2D eigenvalue weighted by Crippen LogP contribution is 2.35. The summed E-state index contributed by atoms with van der Waals surface area (Å²) in [4.78, 5) is 38.1. The van der Waals surface area contributed by atoms with Gasteiger partial charge in [-0.3, -0.25) is 19.8 Å². The molecule has 2 fully saturated rings. The van der Waals surface area contributed by atoms with Crippen molar-refractivity contribution in [3.8, 4) is 0 Å². The third-order valence-corrected chi connectivity index (χ3v) is 4.85. The van der Waals surface area contributed by atoms with Gasteiger partial charge in [-0.05, 0) is 31.1 Å². The molecule has 0 spiro atoms. The topological polar surface area (TPSA) is 66.5 Å². The number of carbonyl (C=O) groups is 3. The van der Waals surface area contributed by atoms with E-state index in [9.17, 15) is 14.4 Å². The summed E-state index contributed by atoms with van der Waals surface area (Å²) in [5.41, 5.74) is 0. The molecule has 2 aliphatic rings. The summed E-state index contributed by atoms with van der Waals surface area (Å²) < 4.78 is 0. The number of rotatable bonds is 4. The van der Waals surface area contributed by atoms with Gasteiger partial charge in [-0.1, -0.05) is 40.0 Å². The van der Waals surface area contributed by atoms with Crippen LogP contribution in [0.15, 0.2) is 0 Å². The Kier molecular flexibility index (Phi) is 5.01. The van der Waals surface area contributed by atoms with E-state index in [1.807, 2.05) is 6.92 Å². The largest absolute Gasteiger partial charge is 0.331 e. The number of hydrogen-bond acceptors (Lipinski definition) is 3. The highest BCUT2D eigenvalue weighted by molar-refractivity contribution is 6.16. The Bertz CT molecular complexity index is 433. The van der Waals surface area contributed by atoms with Crippen LogP contribution in [0.1, 0.15) is 59.3 Å². The van der Waals surface area contributed by atoms with Gasteiger partial charge in [0.1, 0.15) is 5.92 Å². The molecule has 3 unspecified atom stereocenters. The lowest BCUT2D eigenvalue weighted by Gasteiger charge is -2.43. The SMILES string of the molecule is CCCC1C(=O)NC(=O)N(C2CCCCC2C(C)C)C1=O. The second kappa shape index (κ2) is 6.58. The summed E-state index contributed by atoms with van der Waals surface area (Å²) in [5, 5.41) is 2.38. The zero-order valence-electron chi connectivity index (χ0n) is 13.2. The lowest BCUT2D eigenvalue weighted by Crippen LogP contribution is -2.62. The highest BCUT2D eigenvalue weighted by atomic mass is 16.2. The molecule has 5 nitrogen and oxygen atoms in total. The summed E-state index contributed by atoms with van der Waals surface area (Å²) in [5.74, 6) is -0.646. The summed E-state index contributed by atoms with van der Waals surface area (Å²) in [6.07, 6.45) is 5.36. The van der Waals surface area contributed by atoms with Crippen LogP contribution in [-0.4, -0.2) is 28.8 Å². The molecule has 1 saturated heterocycles. The maximum Gasteiger partial charge on any atom is 0.331 e. The molecule has 118 valence electrons. The average Bonchev–Trinajstić information content (AvgIpc) is 2.43. The summed E-state index contributed by atoms with van der Waals surface area (Å²) in [6.45, 7) is 6.23. The van der Waals surface area contributed by atoms with Gasteiger partial charge < -0.3 is 0 Å². The molecule has 0 aromatic carbocycles. The Morgan fingerprint density at radius 3 is 2.48 bits per heavy atom. The Hall–Kier alpha value is -1.39. The van der Waals surface area contributed by atoms with Gasteiger partial charge in [0.2, 0.25) is 11.8 Å². The van der Waals surface area contributed by atoms with Crippen LogP contribution in [-0.2, 0) is 9.59 Å². The number of carbonyl (C=O) groups excluding carboxylic acids is 3. The number of urea groups is 1. The summed E-state index contributed by atoms with van der Waals surface area (Å²) in [7, 11) is 0. The average molecular weight is 294 g/mol. The molecule has 1 N–H and O–H groups in total. The first-order chi connectivity index (χ1) is 9.97. The quantitative estimate of drug-likeness (QED) is 0.811. The fourth-order valence-electron chi connectivity index (χ4n) is 3.73. The predicted octanol–water partition coefficient (Wildman–Crippen LogP) is 2.70. The van der Waals surface area contributed by atoms with Gasteiger partial charge in [-0.2, -0.15) is 0 Å². The molecule has 1 aliphatic carbocycles. The standard InChI is InChI=1S/C16H26N2O3/c1-4-7-12-14(19)17-16(21)18(15(12)20)13-9-6-5-8-11(13)10(2)3/h10-13H,4-9H2,1-3H3,(H,17,19,21). The number of hydrogen-bond donors (Lipinski definition) is 1. The number of barbiturate groups is 1. The molecule has 5 heteroatoms. The van der Waals surface area contributed by atoms with E-state index in [0.717, 1.165) is 32.1 Å². The van der Waals surface area contributed by atoms with Crippen molar-refractivity contribution in [1.82, 2.24) is 10.2 Å². The fourth-order valence-corrected chi connectivity index (χ4v) is 3.73. The van der Waals surface area contributed by atoms with Gasteiger partial charge >= 0.3 is 6.03 Å². The van der Waals surface area contributed by atoms with Crippen molar-refractivity contribution < 1.29 is 14.4 Å². The summed E-state index contributed by atoms with van der Waals surface area (Å²) in [6, 6.07) is -0.575. The minimum Gasteiger partial charge on any atom is -0.277 e. The molecule has 4 amide bonds. The number of amides is 4. The van der Waals surface area contributed by atoms with Gasteiger partial charge in [0.15, 0.2) is 0 Å². The molecule has 1 heterocycles. The van der Waals surface area contributed by atoms with E-state index in [0.29, 0.717) is 18.3 Å². The predicted molar refractivity (Wildman–Crippen MR) is 79.4 cm³/mol. The zero-order chi connectivity index (χ0) is 15.6. The van der Waals surface area contributed by atoms with Crippen molar-refractivity contribution in [1.29, 1.82) is 0 Å². The fraction of sp³-hybridized carbons (Fsp3) is 0.812. The lowest BCUT2D eigenvalue weighted by molar-refractivity contribution is -0.146. The Morgan fingerprint density at radius 2 is 1.86 bits per heavy atom. The van der Waals surface area contributed by atoms with Crippen molar-refractivity contribution in [3.63, 3.8) is 0 Å². The molecular formula is C16H26N2O3. The monoisotopic (exact) mass is 294 g/mol. The Balaban J connectivity index is 2.24. The minimum atomic E-state index is -0.692. The number of imide groups is 2. The van der Waals surface area contributed by atoms with Crippen LogP contribution in [0.25, 0.3) is 0 Å². The normalized spacial score (nSPS) is 30.8. The number of nitrogens with one attached hydrogen (secondary N) is 1. The van der Waals surface area contributed by atoms with E-state index >= 15 is 0 Å². The van der Waals surface area contributed by atoms with Crippen molar-refractivity contribution in [3.05, 3.63) is 0 Å². The van der Waals surface area contributed by atoms with Crippen LogP contribution < -0.4 is 5.32 Å². The lowest BCUT2D eigenvalue weighted by atomic mass is 9.76. The smallest absolute Gasteiger partial charge is 0.277 e. The first kappa shape index (κ1) is 16.0. The molecular weight excluding hydrogens is 268 g/mol. The molecule has 21 heavy (non-hydrogen) atoms. The van der Waals surface area contributed by atoms with E-state index < -0.39 is 17.9 Å². The second-order valence-corrected chi connectivity index (χ2v) is 6.60. The van der Waals surface area contributed by atoms with E-state index in [1.165, 1.54) is 4.90 Å². The summed E-state index contributed by atoms with van der Waals surface area (Å²) >= 11 is 0. The molecule has 2 rings (SSSR count). The van der Waals surface area contributed by atoms with Crippen LogP contribution in [0.4, 0.5) is 4.79 Å². The first-order valence-electron chi connectivity index (χ1n) is 8.15.